The molecule has 4 aromatic rings. The number of H-pyrrole nitrogens is 1. The van der Waals surface area contributed by atoms with Crippen LogP contribution in [0.5, 0.6) is 0 Å². The number of hydrogen-bond acceptors (Lipinski definition) is 5. The van der Waals surface area contributed by atoms with Gasteiger partial charge in [0.25, 0.3) is 5.56 Å². The standard InChI is InChI=1S/C22H17F4N5O/c1-12(13-2-6-15(23)7-3-13)28-21-30-17-10-11-27-20(32)18(17)19(31-21)29-16-8-4-14(5-9-16)22(24,25)26/h2-12H,1H3,(H,27,32)(H2,28,29,30,31). The lowest BCUT2D eigenvalue weighted by Gasteiger charge is -2.16. The van der Waals surface area contributed by atoms with Gasteiger partial charge in [-0.05, 0) is 55.0 Å². The Labute approximate surface area is 179 Å². The molecule has 1 unspecified atom stereocenters. The van der Waals surface area contributed by atoms with E-state index in [1.165, 1.54) is 30.5 Å². The van der Waals surface area contributed by atoms with Crippen LogP contribution in [0.4, 0.5) is 35.0 Å². The van der Waals surface area contributed by atoms with Crippen LogP contribution in [-0.2, 0) is 6.18 Å². The number of nitrogens with zero attached hydrogens (tertiary/aromatic N) is 2. The molecule has 0 saturated carbocycles. The fraction of sp³-hybridized carbons (Fsp3) is 0.136. The third-order valence-electron chi connectivity index (χ3n) is 4.81. The number of aromatic nitrogens is 3. The van der Waals surface area contributed by atoms with E-state index in [2.05, 4.69) is 25.6 Å². The Morgan fingerprint density at radius 3 is 2.31 bits per heavy atom. The van der Waals surface area contributed by atoms with Crippen molar-refractivity contribution in [2.45, 2.75) is 19.1 Å². The van der Waals surface area contributed by atoms with Crippen LogP contribution in [-0.4, -0.2) is 15.0 Å². The Bertz CT molecular complexity index is 1300. The van der Waals surface area contributed by atoms with E-state index >= 15 is 0 Å². The van der Waals surface area contributed by atoms with Crippen molar-refractivity contribution in [3.8, 4) is 0 Å². The number of halogens is 4. The van der Waals surface area contributed by atoms with Gasteiger partial charge in [0.1, 0.15) is 17.0 Å². The molecule has 6 nitrogen and oxygen atoms in total. The van der Waals surface area contributed by atoms with Gasteiger partial charge >= 0.3 is 6.18 Å². The summed E-state index contributed by atoms with van der Waals surface area (Å²) < 4.78 is 51.7. The summed E-state index contributed by atoms with van der Waals surface area (Å²) in [7, 11) is 0. The van der Waals surface area contributed by atoms with Gasteiger partial charge in [-0.15, -0.1) is 0 Å². The van der Waals surface area contributed by atoms with Gasteiger partial charge in [-0.3, -0.25) is 4.79 Å². The molecule has 0 radical (unpaired) electrons. The molecule has 0 aliphatic carbocycles. The lowest BCUT2D eigenvalue weighted by Crippen LogP contribution is -2.14. The molecule has 3 N–H and O–H groups in total. The van der Waals surface area contributed by atoms with Gasteiger partial charge in [-0.2, -0.15) is 18.2 Å². The van der Waals surface area contributed by atoms with Crippen LogP contribution in [0.1, 0.15) is 24.1 Å². The van der Waals surface area contributed by atoms with Crippen LogP contribution in [0.3, 0.4) is 0 Å². The summed E-state index contributed by atoms with van der Waals surface area (Å²) >= 11 is 0. The molecule has 1 atom stereocenters. The molecular formula is C22H17F4N5O. The predicted molar refractivity (Wildman–Crippen MR) is 113 cm³/mol. The Morgan fingerprint density at radius 2 is 1.66 bits per heavy atom. The van der Waals surface area contributed by atoms with Crippen LogP contribution in [0.15, 0.2) is 65.6 Å². The van der Waals surface area contributed by atoms with Crippen LogP contribution >= 0.6 is 0 Å². The monoisotopic (exact) mass is 443 g/mol. The van der Waals surface area contributed by atoms with Gasteiger partial charge in [0.05, 0.1) is 17.1 Å². The van der Waals surface area contributed by atoms with Gasteiger partial charge in [-0.1, -0.05) is 12.1 Å². The van der Waals surface area contributed by atoms with E-state index in [-0.39, 0.29) is 29.0 Å². The molecule has 0 aliphatic heterocycles. The molecular weight excluding hydrogens is 426 g/mol. The minimum atomic E-state index is -4.45. The number of anilines is 3. The molecule has 32 heavy (non-hydrogen) atoms. The van der Waals surface area contributed by atoms with Crippen molar-refractivity contribution in [2.75, 3.05) is 10.6 Å². The Balaban J connectivity index is 1.69. The van der Waals surface area contributed by atoms with Gasteiger partial charge < -0.3 is 15.6 Å². The number of benzene rings is 2. The number of alkyl halides is 3. The average molecular weight is 443 g/mol. The fourth-order valence-electron chi connectivity index (χ4n) is 3.15. The van der Waals surface area contributed by atoms with Crippen molar-refractivity contribution in [3.05, 3.63) is 88.1 Å². The molecule has 2 heterocycles. The molecule has 0 fully saturated rings. The number of pyridine rings is 1. The predicted octanol–water partition coefficient (Wildman–Crippen LogP) is 5.39. The summed E-state index contributed by atoms with van der Waals surface area (Å²) in [5, 5.41) is 6.16. The summed E-state index contributed by atoms with van der Waals surface area (Å²) in [4.78, 5) is 23.6. The van der Waals surface area contributed by atoms with Gasteiger partial charge in [0.2, 0.25) is 5.95 Å². The summed E-state index contributed by atoms with van der Waals surface area (Å²) in [6.07, 6.45) is -3.02. The lowest BCUT2D eigenvalue weighted by molar-refractivity contribution is -0.137. The third-order valence-corrected chi connectivity index (χ3v) is 4.81. The second-order valence-electron chi connectivity index (χ2n) is 7.08. The first kappa shape index (κ1) is 21.3. The van der Waals surface area contributed by atoms with Crippen LogP contribution in [0.25, 0.3) is 10.9 Å². The highest BCUT2D eigenvalue weighted by atomic mass is 19.4. The zero-order chi connectivity index (χ0) is 22.9. The van der Waals surface area contributed by atoms with Gasteiger partial charge in [0.15, 0.2) is 0 Å². The maximum atomic E-state index is 13.2. The molecule has 0 saturated heterocycles. The Morgan fingerprint density at radius 1 is 0.969 bits per heavy atom. The summed E-state index contributed by atoms with van der Waals surface area (Å²) in [6.45, 7) is 1.83. The zero-order valence-electron chi connectivity index (χ0n) is 16.7. The average Bonchev–Trinajstić information content (AvgIpc) is 2.74. The highest BCUT2D eigenvalue weighted by molar-refractivity contribution is 5.90. The molecule has 164 valence electrons. The van der Waals surface area contributed by atoms with Crippen molar-refractivity contribution in [1.82, 2.24) is 15.0 Å². The molecule has 2 aromatic carbocycles. The topological polar surface area (TPSA) is 82.7 Å². The van der Waals surface area contributed by atoms with Gasteiger partial charge in [-0.25, -0.2) is 9.37 Å². The Kier molecular flexibility index (Phi) is 5.52. The summed E-state index contributed by atoms with van der Waals surface area (Å²) in [6, 6.07) is 11.6. The highest BCUT2D eigenvalue weighted by Crippen LogP contribution is 2.31. The van der Waals surface area contributed by atoms with Crippen molar-refractivity contribution in [3.63, 3.8) is 0 Å². The van der Waals surface area contributed by atoms with Crippen molar-refractivity contribution in [2.24, 2.45) is 0 Å². The maximum absolute atomic E-state index is 13.2. The molecule has 0 bridgehead atoms. The molecule has 4 rings (SSSR count). The van der Waals surface area contributed by atoms with Crippen LogP contribution < -0.4 is 16.2 Å². The first-order valence-corrected chi connectivity index (χ1v) is 9.56. The number of hydrogen-bond donors (Lipinski definition) is 3. The van der Waals surface area contributed by atoms with Gasteiger partial charge in [0, 0.05) is 11.9 Å². The number of fused-ring (bicyclic) bond motifs is 1. The number of aromatic amines is 1. The molecule has 0 spiro atoms. The summed E-state index contributed by atoms with van der Waals surface area (Å²) in [5.41, 5.74) is 0.211. The largest absolute Gasteiger partial charge is 0.416 e. The minimum absolute atomic E-state index is 0.130. The minimum Gasteiger partial charge on any atom is -0.348 e. The van der Waals surface area contributed by atoms with Crippen molar-refractivity contribution >= 4 is 28.4 Å². The van der Waals surface area contributed by atoms with Crippen LogP contribution in [0, 0.1) is 5.82 Å². The zero-order valence-corrected chi connectivity index (χ0v) is 16.7. The van der Waals surface area contributed by atoms with E-state index < -0.39 is 17.3 Å². The quantitative estimate of drug-likeness (QED) is 0.360. The van der Waals surface area contributed by atoms with E-state index in [9.17, 15) is 22.4 Å². The molecule has 2 aromatic heterocycles. The van der Waals surface area contributed by atoms with Crippen LogP contribution in [0.2, 0.25) is 0 Å². The number of rotatable bonds is 5. The Hall–Kier alpha value is -3.95. The third kappa shape index (κ3) is 4.53. The highest BCUT2D eigenvalue weighted by Gasteiger charge is 2.30. The number of nitrogens with one attached hydrogen (secondary N) is 3. The first-order chi connectivity index (χ1) is 15.2. The lowest BCUT2D eigenvalue weighted by atomic mass is 10.1. The van der Waals surface area contributed by atoms with E-state index in [1.54, 1.807) is 18.2 Å². The van der Waals surface area contributed by atoms with E-state index in [1.807, 2.05) is 6.92 Å². The summed E-state index contributed by atoms with van der Waals surface area (Å²) in [5.74, 6) is -0.0371. The second kappa shape index (κ2) is 8.29. The van der Waals surface area contributed by atoms with E-state index in [4.69, 9.17) is 0 Å². The SMILES string of the molecule is CC(Nc1nc(Nc2ccc(C(F)(F)F)cc2)c2c(=O)[nH]ccc2n1)c1ccc(F)cc1. The maximum Gasteiger partial charge on any atom is 0.416 e. The van der Waals surface area contributed by atoms with E-state index in [0.717, 1.165) is 17.7 Å². The molecule has 10 heteroatoms. The second-order valence-corrected chi connectivity index (χ2v) is 7.08. The fourth-order valence-corrected chi connectivity index (χ4v) is 3.15. The first-order valence-electron chi connectivity index (χ1n) is 9.56. The molecule has 0 amide bonds. The van der Waals surface area contributed by atoms with E-state index in [0.29, 0.717) is 11.2 Å². The smallest absolute Gasteiger partial charge is 0.348 e. The normalized spacial score (nSPS) is 12.5. The van der Waals surface area contributed by atoms with Crippen molar-refractivity contribution < 1.29 is 17.6 Å². The van der Waals surface area contributed by atoms with Crippen molar-refractivity contribution in [1.29, 1.82) is 0 Å². The molecule has 0 aliphatic rings.